The van der Waals surface area contributed by atoms with Crippen LogP contribution in [-0.2, 0) is 17.8 Å². The van der Waals surface area contributed by atoms with Gasteiger partial charge >= 0.3 is 0 Å². The molecule has 3 nitrogen and oxygen atoms in total. The second-order valence-electron chi connectivity index (χ2n) is 5.14. The van der Waals surface area contributed by atoms with Gasteiger partial charge in [-0.2, -0.15) is 0 Å². The summed E-state index contributed by atoms with van der Waals surface area (Å²) in [6.45, 7) is 9.33. The fourth-order valence-corrected chi connectivity index (χ4v) is 1.56. The zero-order valence-corrected chi connectivity index (χ0v) is 10.9. The highest BCUT2D eigenvalue weighted by Crippen LogP contribution is 2.06. The van der Waals surface area contributed by atoms with E-state index >= 15 is 0 Å². The van der Waals surface area contributed by atoms with E-state index in [9.17, 15) is 0 Å². The smallest absolute Gasteiger partial charge is 0.0479 e. The van der Waals surface area contributed by atoms with Crippen LogP contribution in [0, 0.1) is 0 Å². The van der Waals surface area contributed by atoms with Crippen LogP contribution in [0.3, 0.4) is 0 Å². The van der Waals surface area contributed by atoms with Gasteiger partial charge in [0.25, 0.3) is 0 Å². The number of nitrogens with one attached hydrogen (secondary N) is 1. The van der Waals surface area contributed by atoms with Gasteiger partial charge in [0.2, 0.25) is 0 Å². The van der Waals surface area contributed by atoms with Gasteiger partial charge in [-0.05, 0) is 39.3 Å². The van der Waals surface area contributed by atoms with E-state index in [-0.39, 0.29) is 5.54 Å². The molecule has 1 rings (SSSR count). The Balaban J connectivity index is 2.44. The van der Waals surface area contributed by atoms with Crippen molar-refractivity contribution in [1.29, 1.82) is 0 Å². The highest BCUT2D eigenvalue weighted by atomic mass is 16.5. The Morgan fingerprint density at radius 1 is 1.38 bits per heavy atom. The molecule has 0 radical (unpaired) electrons. The highest BCUT2D eigenvalue weighted by Gasteiger charge is 2.09. The van der Waals surface area contributed by atoms with Crippen LogP contribution in [0.4, 0.5) is 0 Å². The fraction of sp³-hybridized carbons (Fsp3) is 0.692. The van der Waals surface area contributed by atoms with Crippen molar-refractivity contribution < 1.29 is 4.74 Å². The summed E-state index contributed by atoms with van der Waals surface area (Å²) in [7, 11) is 1.75. The Hall–Kier alpha value is -0.800. The van der Waals surface area contributed by atoms with Gasteiger partial charge in [-0.3, -0.25) is 0 Å². The van der Waals surface area contributed by atoms with Gasteiger partial charge in [-0.25, -0.2) is 0 Å². The zero-order valence-electron chi connectivity index (χ0n) is 10.9. The fourth-order valence-electron chi connectivity index (χ4n) is 1.56. The third-order valence-electron chi connectivity index (χ3n) is 2.47. The normalized spacial score (nSPS) is 12.0. The SMILES string of the molecule is COCCCn1cccc1CNC(C)(C)C. The Morgan fingerprint density at radius 2 is 2.12 bits per heavy atom. The van der Waals surface area contributed by atoms with E-state index in [0.717, 1.165) is 26.1 Å². The number of nitrogens with zero attached hydrogens (tertiary/aromatic N) is 1. The Morgan fingerprint density at radius 3 is 2.75 bits per heavy atom. The van der Waals surface area contributed by atoms with Gasteiger partial charge < -0.3 is 14.6 Å². The highest BCUT2D eigenvalue weighted by molar-refractivity contribution is 5.07. The summed E-state index contributed by atoms with van der Waals surface area (Å²) in [5.74, 6) is 0. The molecule has 0 amide bonds. The number of hydrogen-bond donors (Lipinski definition) is 1. The summed E-state index contributed by atoms with van der Waals surface area (Å²) >= 11 is 0. The van der Waals surface area contributed by atoms with Gasteiger partial charge in [0.1, 0.15) is 0 Å². The van der Waals surface area contributed by atoms with E-state index in [2.05, 4.69) is 49.0 Å². The summed E-state index contributed by atoms with van der Waals surface area (Å²) in [6.07, 6.45) is 3.20. The monoisotopic (exact) mass is 224 g/mol. The predicted octanol–water partition coefficient (Wildman–Crippen LogP) is 2.41. The maximum absolute atomic E-state index is 5.07. The van der Waals surface area contributed by atoms with E-state index in [1.807, 2.05) is 0 Å². The molecule has 1 aromatic heterocycles. The predicted molar refractivity (Wildman–Crippen MR) is 67.5 cm³/mol. The van der Waals surface area contributed by atoms with Crippen LogP contribution >= 0.6 is 0 Å². The van der Waals surface area contributed by atoms with Crippen molar-refractivity contribution in [2.24, 2.45) is 0 Å². The third kappa shape index (κ3) is 4.81. The van der Waals surface area contributed by atoms with E-state index in [1.165, 1.54) is 5.69 Å². The van der Waals surface area contributed by atoms with Crippen molar-refractivity contribution >= 4 is 0 Å². The van der Waals surface area contributed by atoms with Crippen LogP contribution in [0.2, 0.25) is 0 Å². The minimum atomic E-state index is 0.168. The van der Waals surface area contributed by atoms with Gasteiger partial charge in [0.15, 0.2) is 0 Å². The molecule has 0 bridgehead atoms. The lowest BCUT2D eigenvalue weighted by atomic mass is 10.1. The molecule has 16 heavy (non-hydrogen) atoms. The molecular weight excluding hydrogens is 200 g/mol. The van der Waals surface area contributed by atoms with E-state index in [0.29, 0.717) is 0 Å². The molecule has 1 aromatic rings. The lowest BCUT2D eigenvalue weighted by Gasteiger charge is -2.21. The topological polar surface area (TPSA) is 26.2 Å². The number of aryl methyl sites for hydroxylation is 1. The maximum Gasteiger partial charge on any atom is 0.0479 e. The van der Waals surface area contributed by atoms with Crippen molar-refractivity contribution in [1.82, 2.24) is 9.88 Å². The van der Waals surface area contributed by atoms with Crippen molar-refractivity contribution in [3.63, 3.8) is 0 Å². The average molecular weight is 224 g/mol. The van der Waals surface area contributed by atoms with Crippen molar-refractivity contribution in [3.8, 4) is 0 Å². The molecule has 1 heterocycles. The van der Waals surface area contributed by atoms with Gasteiger partial charge in [0.05, 0.1) is 0 Å². The number of methoxy groups -OCH3 is 1. The van der Waals surface area contributed by atoms with Crippen molar-refractivity contribution in [3.05, 3.63) is 24.0 Å². The second-order valence-corrected chi connectivity index (χ2v) is 5.14. The maximum atomic E-state index is 5.07. The molecule has 0 unspecified atom stereocenters. The average Bonchev–Trinajstić information content (AvgIpc) is 2.62. The molecule has 0 saturated carbocycles. The molecule has 0 atom stereocenters. The number of ether oxygens (including phenoxy) is 1. The number of aromatic nitrogens is 1. The molecular formula is C13H24N2O. The first kappa shape index (κ1) is 13.3. The first-order valence-electron chi connectivity index (χ1n) is 5.91. The Labute approximate surface area is 98.8 Å². The van der Waals surface area contributed by atoms with Crippen LogP contribution in [0.15, 0.2) is 18.3 Å². The Kier molecular flexibility index (Phi) is 5.03. The van der Waals surface area contributed by atoms with Crippen LogP contribution in [0.25, 0.3) is 0 Å². The zero-order chi connectivity index (χ0) is 12.0. The van der Waals surface area contributed by atoms with E-state index < -0.39 is 0 Å². The number of hydrogen-bond acceptors (Lipinski definition) is 2. The second kappa shape index (κ2) is 6.06. The van der Waals surface area contributed by atoms with E-state index in [1.54, 1.807) is 7.11 Å². The standard InChI is InChI=1S/C13H24N2O/c1-13(2,3)14-11-12-7-5-8-15(12)9-6-10-16-4/h5,7-8,14H,6,9-11H2,1-4H3. The molecule has 0 fully saturated rings. The first-order valence-corrected chi connectivity index (χ1v) is 5.91. The first-order chi connectivity index (χ1) is 7.53. The van der Waals surface area contributed by atoms with Gasteiger partial charge in [-0.1, -0.05) is 0 Å². The Bertz CT molecular complexity index is 299. The quantitative estimate of drug-likeness (QED) is 0.751. The van der Waals surface area contributed by atoms with Gasteiger partial charge in [-0.15, -0.1) is 0 Å². The van der Waals surface area contributed by atoms with E-state index in [4.69, 9.17) is 4.74 Å². The van der Waals surface area contributed by atoms with Gasteiger partial charge in [0, 0.05) is 44.2 Å². The summed E-state index contributed by atoms with van der Waals surface area (Å²) in [5.41, 5.74) is 1.51. The van der Waals surface area contributed by atoms with Crippen LogP contribution in [-0.4, -0.2) is 23.8 Å². The summed E-state index contributed by atoms with van der Waals surface area (Å²) in [6, 6.07) is 4.28. The molecule has 0 aromatic carbocycles. The molecule has 0 aliphatic heterocycles. The molecule has 1 N–H and O–H groups in total. The molecule has 3 heteroatoms. The summed E-state index contributed by atoms with van der Waals surface area (Å²) in [4.78, 5) is 0. The lowest BCUT2D eigenvalue weighted by molar-refractivity contribution is 0.190. The van der Waals surface area contributed by atoms with Crippen molar-refractivity contribution in [2.45, 2.75) is 45.8 Å². The number of rotatable bonds is 6. The molecule has 0 aliphatic rings. The lowest BCUT2D eigenvalue weighted by Crippen LogP contribution is -2.35. The largest absolute Gasteiger partial charge is 0.385 e. The molecule has 0 saturated heterocycles. The third-order valence-corrected chi connectivity index (χ3v) is 2.47. The molecule has 0 aliphatic carbocycles. The minimum absolute atomic E-state index is 0.168. The molecule has 0 spiro atoms. The van der Waals surface area contributed by atoms with Crippen LogP contribution in [0.1, 0.15) is 32.9 Å². The minimum Gasteiger partial charge on any atom is -0.385 e. The van der Waals surface area contributed by atoms with Crippen LogP contribution < -0.4 is 5.32 Å². The van der Waals surface area contributed by atoms with Crippen LogP contribution in [0.5, 0.6) is 0 Å². The van der Waals surface area contributed by atoms with Crippen molar-refractivity contribution in [2.75, 3.05) is 13.7 Å². The summed E-state index contributed by atoms with van der Waals surface area (Å²) in [5, 5.41) is 3.50. The summed E-state index contributed by atoms with van der Waals surface area (Å²) < 4.78 is 7.35. The molecule has 92 valence electrons.